The molecule has 0 atom stereocenters. The summed E-state index contributed by atoms with van der Waals surface area (Å²) in [5.74, 6) is -2.77. The fraction of sp³-hybridized carbons (Fsp3) is 0.625. The lowest BCUT2D eigenvalue weighted by Gasteiger charge is -2.26. The first-order valence-electron chi connectivity index (χ1n) is 6.88. The topological polar surface area (TPSA) is 26.0 Å². The first-order chi connectivity index (χ1) is 8.69. The Hall–Kier alpha value is -0.960. The minimum atomic E-state index is -2.75. The molecule has 108 valence electrons. The van der Waals surface area contributed by atoms with Gasteiger partial charge < -0.3 is 5.73 Å². The highest BCUT2D eigenvalue weighted by molar-refractivity contribution is 5.30. The van der Waals surface area contributed by atoms with E-state index in [0.717, 1.165) is 12.0 Å². The molecular formula is C16H25F2N. The van der Waals surface area contributed by atoms with Crippen LogP contribution in [0.1, 0.15) is 51.7 Å². The Kier molecular flexibility index (Phi) is 5.08. The van der Waals surface area contributed by atoms with E-state index in [4.69, 9.17) is 5.73 Å². The second-order valence-corrected chi connectivity index (χ2v) is 6.30. The van der Waals surface area contributed by atoms with Gasteiger partial charge in [-0.1, -0.05) is 52.0 Å². The summed E-state index contributed by atoms with van der Waals surface area (Å²) < 4.78 is 27.9. The minimum Gasteiger partial charge on any atom is -0.330 e. The van der Waals surface area contributed by atoms with Crippen LogP contribution in [0.15, 0.2) is 24.3 Å². The van der Waals surface area contributed by atoms with Gasteiger partial charge in [-0.25, -0.2) is 8.78 Å². The molecule has 1 aromatic carbocycles. The van der Waals surface area contributed by atoms with E-state index in [0.29, 0.717) is 6.54 Å². The third-order valence-electron chi connectivity index (χ3n) is 3.52. The summed E-state index contributed by atoms with van der Waals surface area (Å²) in [7, 11) is 0. The lowest BCUT2D eigenvalue weighted by atomic mass is 9.81. The second kappa shape index (κ2) is 6.00. The summed E-state index contributed by atoms with van der Waals surface area (Å²) in [5.41, 5.74) is 6.68. The molecule has 19 heavy (non-hydrogen) atoms. The average molecular weight is 269 g/mol. The highest BCUT2D eigenvalue weighted by Crippen LogP contribution is 2.36. The van der Waals surface area contributed by atoms with E-state index in [1.807, 2.05) is 13.8 Å². The highest BCUT2D eigenvalue weighted by Gasteiger charge is 2.32. The summed E-state index contributed by atoms with van der Waals surface area (Å²) in [6.07, 6.45) is 0.729. The highest BCUT2D eigenvalue weighted by atomic mass is 19.3. The number of alkyl halides is 2. The first kappa shape index (κ1) is 16.1. The van der Waals surface area contributed by atoms with Crippen LogP contribution >= 0.6 is 0 Å². The molecule has 0 unspecified atom stereocenters. The van der Waals surface area contributed by atoms with E-state index in [9.17, 15) is 8.78 Å². The van der Waals surface area contributed by atoms with E-state index in [2.05, 4.69) is 13.8 Å². The van der Waals surface area contributed by atoms with E-state index in [-0.39, 0.29) is 23.3 Å². The number of nitrogens with two attached hydrogens (primary N) is 1. The van der Waals surface area contributed by atoms with E-state index < -0.39 is 5.92 Å². The van der Waals surface area contributed by atoms with Crippen LogP contribution in [0.25, 0.3) is 0 Å². The molecule has 0 aromatic heterocycles. The molecule has 0 aliphatic rings. The number of hydrogen-bond donors (Lipinski definition) is 1. The van der Waals surface area contributed by atoms with Gasteiger partial charge in [0.25, 0.3) is 5.92 Å². The maximum Gasteiger partial charge on any atom is 0.273 e. The predicted octanol–water partition coefficient (Wildman–Crippen LogP) is 4.45. The minimum absolute atomic E-state index is 0.0247. The SMILES string of the molecule is CC(C)CC(F)(F)c1ccc(C(C)(C)CCN)cc1. The van der Waals surface area contributed by atoms with Gasteiger partial charge in [-0.2, -0.15) is 0 Å². The standard InChI is InChI=1S/C16H25F2N/c1-12(2)11-16(17,18)14-7-5-13(6-8-14)15(3,4)9-10-19/h5-8,12H,9-11,19H2,1-4H3. The van der Waals surface area contributed by atoms with Crippen molar-refractivity contribution in [2.75, 3.05) is 6.54 Å². The van der Waals surface area contributed by atoms with Gasteiger partial charge in [-0.15, -0.1) is 0 Å². The fourth-order valence-corrected chi connectivity index (χ4v) is 2.30. The summed E-state index contributed by atoms with van der Waals surface area (Å²) in [6.45, 7) is 8.39. The molecule has 0 fully saturated rings. The van der Waals surface area contributed by atoms with Crippen molar-refractivity contribution in [1.29, 1.82) is 0 Å². The van der Waals surface area contributed by atoms with Crippen molar-refractivity contribution in [1.82, 2.24) is 0 Å². The molecule has 0 aliphatic carbocycles. The van der Waals surface area contributed by atoms with Crippen molar-refractivity contribution in [3.63, 3.8) is 0 Å². The van der Waals surface area contributed by atoms with Crippen LogP contribution in [-0.2, 0) is 11.3 Å². The molecule has 0 bridgehead atoms. The van der Waals surface area contributed by atoms with Crippen LogP contribution in [0.3, 0.4) is 0 Å². The van der Waals surface area contributed by atoms with Crippen molar-refractivity contribution < 1.29 is 8.78 Å². The van der Waals surface area contributed by atoms with Crippen LogP contribution in [0.2, 0.25) is 0 Å². The molecule has 1 aromatic rings. The number of benzene rings is 1. The molecule has 0 heterocycles. The molecule has 0 saturated heterocycles. The normalized spacial score (nSPS) is 13.1. The number of hydrogen-bond acceptors (Lipinski definition) is 1. The summed E-state index contributed by atoms with van der Waals surface area (Å²) in [6, 6.07) is 6.71. The third-order valence-corrected chi connectivity index (χ3v) is 3.52. The zero-order valence-electron chi connectivity index (χ0n) is 12.3. The zero-order valence-corrected chi connectivity index (χ0v) is 12.3. The summed E-state index contributed by atoms with van der Waals surface area (Å²) in [4.78, 5) is 0. The Morgan fingerprint density at radius 1 is 1.05 bits per heavy atom. The maximum absolute atomic E-state index is 14.0. The van der Waals surface area contributed by atoms with Gasteiger partial charge in [0, 0.05) is 12.0 Å². The third kappa shape index (κ3) is 4.27. The van der Waals surface area contributed by atoms with E-state index in [1.54, 1.807) is 24.3 Å². The Labute approximate surface area is 115 Å². The van der Waals surface area contributed by atoms with Gasteiger partial charge in [0.05, 0.1) is 0 Å². The van der Waals surface area contributed by atoms with Crippen molar-refractivity contribution in [3.05, 3.63) is 35.4 Å². The molecule has 0 radical (unpaired) electrons. The van der Waals surface area contributed by atoms with Gasteiger partial charge in [0.15, 0.2) is 0 Å². The molecule has 0 saturated carbocycles. The van der Waals surface area contributed by atoms with Crippen molar-refractivity contribution >= 4 is 0 Å². The average Bonchev–Trinajstić information content (AvgIpc) is 2.27. The maximum atomic E-state index is 14.0. The lowest BCUT2D eigenvalue weighted by molar-refractivity contribution is -0.0249. The Morgan fingerprint density at radius 2 is 1.53 bits per heavy atom. The molecule has 0 aliphatic heterocycles. The molecule has 0 amide bonds. The monoisotopic (exact) mass is 269 g/mol. The number of halogens is 2. The van der Waals surface area contributed by atoms with Gasteiger partial charge in [-0.05, 0) is 29.9 Å². The quantitative estimate of drug-likeness (QED) is 0.811. The van der Waals surface area contributed by atoms with Crippen molar-refractivity contribution in [3.8, 4) is 0 Å². The Bertz CT molecular complexity index is 394. The van der Waals surface area contributed by atoms with Crippen molar-refractivity contribution in [2.24, 2.45) is 11.7 Å². The van der Waals surface area contributed by atoms with Gasteiger partial charge >= 0.3 is 0 Å². The molecule has 2 N–H and O–H groups in total. The molecule has 1 nitrogen and oxygen atoms in total. The largest absolute Gasteiger partial charge is 0.330 e. The van der Waals surface area contributed by atoms with Crippen LogP contribution < -0.4 is 5.73 Å². The van der Waals surface area contributed by atoms with Crippen LogP contribution in [0.4, 0.5) is 8.78 Å². The molecule has 0 spiro atoms. The fourth-order valence-electron chi connectivity index (χ4n) is 2.30. The van der Waals surface area contributed by atoms with E-state index in [1.165, 1.54) is 0 Å². The second-order valence-electron chi connectivity index (χ2n) is 6.30. The van der Waals surface area contributed by atoms with E-state index >= 15 is 0 Å². The molecular weight excluding hydrogens is 244 g/mol. The van der Waals surface area contributed by atoms with Crippen LogP contribution in [-0.4, -0.2) is 6.54 Å². The van der Waals surface area contributed by atoms with Gasteiger partial charge in [0.2, 0.25) is 0 Å². The number of rotatable bonds is 6. The Balaban J connectivity index is 2.93. The van der Waals surface area contributed by atoms with Crippen molar-refractivity contribution in [2.45, 2.75) is 51.9 Å². The summed E-state index contributed by atoms with van der Waals surface area (Å²) >= 11 is 0. The smallest absolute Gasteiger partial charge is 0.273 e. The Morgan fingerprint density at radius 3 is 1.95 bits per heavy atom. The molecule has 1 rings (SSSR count). The van der Waals surface area contributed by atoms with Crippen LogP contribution in [0.5, 0.6) is 0 Å². The molecule has 3 heteroatoms. The lowest BCUT2D eigenvalue weighted by Crippen LogP contribution is -2.22. The first-order valence-corrected chi connectivity index (χ1v) is 6.88. The zero-order chi connectivity index (χ0) is 14.7. The summed E-state index contributed by atoms with van der Waals surface area (Å²) in [5, 5.41) is 0. The van der Waals surface area contributed by atoms with Gasteiger partial charge in [0.1, 0.15) is 0 Å². The predicted molar refractivity (Wildman–Crippen MR) is 76.5 cm³/mol. The van der Waals surface area contributed by atoms with Gasteiger partial charge in [-0.3, -0.25) is 0 Å². The van der Waals surface area contributed by atoms with Crippen LogP contribution in [0, 0.1) is 5.92 Å².